The Bertz CT molecular complexity index is 1700. The molecule has 1 aromatic carbocycles. The molecule has 0 atom stereocenters. The Labute approximate surface area is 246 Å². The number of amides is 2. The van der Waals surface area contributed by atoms with Crippen LogP contribution in [0.2, 0.25) is 0 Å². The van der Waals surface area contributed by atoms with Crippen LogP contribution < -0.4 is 15.8 Å². The summed E-state index contributed by atoms with van der Waals surface area (Å²) in [6.45, 7) is 14.1. The lowest BCUT2D eigenvalue weighted by atomic mass is 9.90. The highest BCUT2D eigenvalue weighted by molar-refractivity contribution is 6.19. The third kappa shape index (κ3) is 5.87. The lowest BCUT2D eigenvalue weighted by Crippen LogP contribution is -2.46. The van der Waals surface area contributed by atoms with Gasteiger partial charge in [-0.15, -0.1) is 0 Å². The molecule has 4 aromatic rings. The average molecular weight is 570 g/mol. The van der Waals surface area contributed by atoms with Gasteiger partial charge < -0.3 is 19.2 Å². The van der Waals surface area contributed by atoms with Crippen molar-refractivity contribution in [3.05, 3.63) is 87.8 Å². The Morgan fingerprint density at radius 2 is 1.83 bits per heavy atom. The number of anilines is 2. The van der Waals surface area contributed by atoms with Gasteiger partial charge in [0.1, 0.15) is 16.8 Å². The van der Waals surface area contributed by atoms with Crippen LogP contribution in [0.3, 0.4) is 0 Å². The van der Waals surface area contributed by atoms with Crippen LogP contribution >= 0.6 is 0 Å². The molecule has 0 unspecified atom stereocenters. The summed E-state index contributed by atoms with van der Waals surface area (Å²) in [5.41, 5.74) is 3.72. The molecular formula is C33H39N5O4. The van der Waals surface area contributed by atoms with Crippen LogP contribution in [0.5, 0.6) is 0 Å². The SMILES string of the molecule is Cc1cc2c(=O)n(CCN(Cc3ccc4c(c3)NC(=O)C(C)(C)C(=O)N4CC(C)C)Cc3cccnc3C)ccc2o1. The number of aryl methyl sites for hydroxylation is 2. The minimum Gasteiger partial charge on any atom is -0.461 e. The Morgan fingerprint density at radius 3 is 2.57 bits per heavy atom. The molecule has 0 saturated heterocycles. The van der Waals surface area contributed by atoms with Gasteiger partial charge in [0.25, 0.3) is 5.56 Å². The molecule has 0 bridgehead atoms. The molecule has 1 aliphatic heterocycles. The first-order valence-corrected chi connectivity index (χ1v) is 14.4. The molecule has 3 aromatic heterocycles. The van der Waals surface area contributed by atoms with Gasteiger partial charge in [0.2, 0.25) is 11.8 Å². The lowest BCUT2D eigenvalue weighted by molar-refractivity contribution is -0.136. The largest absolute Gasteiger partial charge is 0.461 e. The van der Waals surface area contributed by atoms with E-state index in [-0.39, 0.29) is 23.3 Å². The predicted octanol–water partition coefficient (Wildman–Crippen LogP) is 5.28. The first kappa shape index (κ1) is 29.3. The quantitative estimate of drug-likeness (QED) is 0.276. The van der Waals surface area contributed by atoms with Crippen molar-refractivity contribution in [2.24, 2.45) is 11.3 Å². The number of furan rings is 1. The molecule has 42 heavy (non-hydrogen) atoms. The van der Waals surface area contributed by atoms with E-state index in [1.54, 1.807) is 41.8 Å². The number of carbonyl (C=O) groups is 2. The van der Waals surface area contributed by atoms with E-state index in [9.17, 15) is 14.4 Å². The molecule has 9 nitrogen and oxygen atoms in total. The third-order valence-corrected chi connectivity index (χ3v) is 7.85. The van der Waals surface area contributed by atoms with Gasteiger partial charge in [-0.1, -0.05) is 26.0 Å². The van der Waals surface area contributed by atoms with Gasteiger partial charge in [-0.25, -0.2) is 0 Å². The van der Waals surface area contributed by atoms with Crippen LogP contribution in [-0.4, -0.2) is 39.4 Å². The summed E-state index contributed by atoms with van der Waals surface area (Å²) in [7, 11) is 0. The Balaban J connectivity index is 1.45. The van der Waals surface area contributed by atoms with E-state index in [0.717, 1.165) is 16.8 Å². The summed E-state index contributed by atoms with van der Waals surface area (Å²) in [5.74, 6) is 0.423. The molecule has 1 aliphatic rings. The summed E-state index contributed by atoms with van der Waals surface area (Å²) in [6.07, 6.45) is 3.56. The number of hydrogen-bond donors (Lipinski definition) is 1. The van der Waals surface area contributed by atoms with E-state index in [1.165, 1.54) is 0 Å². The molecule has 0 saturated carbocycles. The number of fused-ring (bicyclic) bond motifs is 2. The number of pyridine rings is 2. The normalized spacial score (nSPS) is 14.9. The predicted molar refractivity (Wildman–Crippen MR) is 164 cm³/mol. The van der Waals surface area contributed by atoms with E-state index in [4.69, 9.17) is 4.42 Å². The fourth-order valence-electron chi connectivity index (χ4n) is 5.41. The van der Waals surface area contributed by atoms with Crippen molar-refractivity contribution >= 4 is 34.2 Å². The van der Waals surface area contributed by atoms with Crippen molar-refractivity contribution < 1.29 is 14.0 Å². The van der Waals surface area contributed by atoms with Crippen LogP contribution in [0, 0.1) is 25.2 Å². The molecule has 220 valence electrons. The first-order chi connectivity index (χ1) is 19.9. The van der Waals surface area contributed by atoms with Crippen molar-refractivity contribution in [3.63, 3.8) is 0 Å². The zero-order valence-corrected chi connectivity index (χ0v) is 25.2. The van der Waals surface area contributed by atoms with Gasteiger partial charge in [-0.3, -0.25) is 24.3 Å². The second kappa shape index (κ2) is 11.6. The van der Waals surface area contributed by atoms with Crippen LogP contribution in [0.25, 0.3) is 11.0 Å². The summed E-state index contributed by atoms with van der Waals surface area (Å²) in [6, 6.07) is 13.5. The zero-order chi connectivity index (χ0) is 30.2. The van der Waals surface area contributed by atoms with E-state index in [1.807, 2.05) is 44.2 Å². The molecule has 9 heteroatoms. The molecule has 0 fully saturated rings. The smallest absolute Gasteiger partial charge is 0.261 e. The number of benzene rings is 1. The fourth-order valence-corrected chi connectivity index (χ4v) is 5.41. The highest BCUT2D eigenvalue weighted by Gasteiger charge is 2.43. The Morgan fingerprint density at radius 1 is 1.05 bits per heavy atom. The van der Waals surface area contributed by atoms with Gasteiger partial charge in [0.05, 0.1) is 16.8 Å². The van der Waals surface area contributed by atoms with E-state index >= 15 is 0 Å². The number of carbonyl (C=O) groups excluding carboxylic acids is 2. The number of aromatic nitrogens is 2. The zero-order valence-electron chi connectivity index (χ0n) is 25.2. The highest BCUT2D eigenvalue weighted by Crippen LogP contribution is 2.36. The topological polar surface area (TPSA) is 101 Å². The van der Waals surface area contributed by atoms with E-state index < -0.39 is 5.41 Å². The van der Waals surface area contributed by atoms with Crippen LogP contribution in [0.4, 0.5) is 11.4 Å². The van der Waals surface area contributed by atoms with Crippen LogP contribution in [0.15, 0.2) is 64.1 Å². The standard InChI is InChI=1S/C33H39N5O4/c1-21(2)18-38-28-10-9-24(17-27(28)35-31(40)33(5,6)32(38)41)19-36(20-25-8-7-12-34-23(25)4)14-15-37-13-11-29-26(30(37)39)16-22(3)42-29/h7-13,16-17,21H,14-15,18-20H2,1-6H3,(H,35,40). The van der Waals surface area contributed by atoms with Crippen molar-refractivity contribution in [2.45, 2.75) is 61.2 Å². The maximum Gasteiger partial charge on any atom is 0.261 e. The fraction of sp³-hybridized carbons (Fsp3) is 0.394. The summed E-state index contributed by atoms with van der Waals surface area (Å²) in [5, 5.41) is 3.60. The molecule has 0 aliphatic carbocycles. The molecular weight excluding hydrogens is 530 g/mol. The van der Waals surface area contributed by atoms with Gasteiger partial charge in [-0.2, -0.15) is 0 Å². The van der Waals surface area contributed by atoms with Crippen LogP contribution in [-0.2, 0) is 29.2 Å². The second-order valence-corrected chi connectivity index (χ2v) is 12.1. The summed E-state index contributed by atoms with van der Waals surface area (Å²) < 4.78 is 7.34. The van der Waals surface area contributed by atoms with Crippen LogP contribution in [0.1, 0.15) is 50.3 Å². The summed E-state index contributed by atoms with van der Waals surface area (Å²) >= 11 is 0. The molecule has 5 rings (SSSR count). The molecule has 4 heterocycles. The minimum absolute atomic E-state index is 0.0767. The molecule has 0 spiro atoms. The van der Waals surface area contributed by atoms with Crippen molar-refractivity contribution in [3.8, 4) is 0 Å². The average Bonchev–Trinajstić information content (AvgIpc) is 3.31. The van der Waals surface area contributed by atoms with Gasteiger partial charge >= 0.3 is 0 Å². The maximum absolute atomic E-state index is 13.4. The van der Waals surface area contributed by atoms with Gasteiger partial charge in [-0.05, 0) is 75.1 Å². The number of nitrogens with zero attached hydrogens (tertiary/aromatic N) is 4. The molecule has 1 N–H and O–H groups in total. The van der Waals surface area contributed by atoms with Crippen molar-refractivity contribution in [2.75, 3.05) is 23.3 Å². The number of hydrogen-bond acceptors (Lipinski definition) is 6. The van der Waals surface area contributed by atoms with E-state index in [2.05, 4.69) is 35.1 Å². The minimum atomic E-state index is -1.18. The van der Waals surface area contributed by atoms with Gasteiger partial charge in [0.15, 0.2) is 0 Å². The molecule has 2 amide bonds. The van der Waals surface area contributed by atoms with Crippen molar-refractivity contribution in [1.82, 2.24) is 14.5 Å². The monoisotopic (exact) mass is 569 g/mol. The third-order valence-electron chi connectivity index (χ3n) is 7.85. The number of rotatable bonds is 9. The summed E-state index contributed by atoms with van der Waals surface area (Å²) in [4.78, 5) is 48.1. The maximum atomic E-state index is 13.4. The number of nitrogens with one attached hydrogen (secondary N) is 1. The lowest BCUT2D eigenvalue weighted by Gasteiger charge is -2.29. The molecule has 0 radical (unpaired) electrons. The first-order valence-electron chi connectivity index (χ1n) is 14.4. The van der Waals surface area contributed by atoms with E-state index in [0.29, 0.717) is 60.8 Å². The Kier molecular flexibility index (Phi) is 8.06. The van der Waals surface area contributed by atoms with Crippen molar-refractivity contribution in [1.29, 1.82) is 0 Å². The second-order valence-electron chi connectivity index (χ2n) is 12.1. The van der Waals surface area contributed by atoms with Gasteiger partial charge in [0, 0.05) is 50.8 Å². The Hall–Kier alpha value is -4.24. The highest BCUT2D eigenvalue weighted by atomic mass is 16.3.